The zero-order chi connectivity index (χ0) is 21.1. The molecule has 1 aliphatic heterocycles. The second-order valence-corrected chi connectivity index (χ2v) is 7.42. The molecule has 0 unspecified atom stereocenters. The first-order chi connectivity index (χ1) is 14.6. The summed E-state index contributed by atoms with van der Waals surface area (Å²) in [5.41, 5.74) is 2.52. The van der Waals surface area contributed by atoms with Crippen molar-refractivity contribution < 1.29 is 18.7 Å². The third kappa shape index (κ3) is 3.94. The minimum absolute atomic E-state index is 0.0485. The highest BCUT2D eigenvalue weighted by atomic mass is 16.5. The van der Waals surface area contributed by atoms with E-state index in [1.54, 1.807) is 24.3 Å². The molecule has 1 N–H and O–H groups in total. The van der Waals surface area contributed by atoms with Gasteiger partial charge in [-0.25, -0.2) is 0 Å². The largest absolute Gasteiger partial charge is 0.497 e. The molecule has 1 atom stereocenters. The number of aryl methyl sites for hydroxylation is 1. The molecule has 0 aliphatic carbocycles. The fourth-order valence-corrected chi connectivity index (χ4v) is 3.71. The molecule has 2 aromatic carbocycles. The van der Waals surface area contributed by atoms with E-state index in [4.69, 9.17) is 9.15 Å². The standard InChI is InChI=1S/C24H24N2O4/c1-16(8-11-20-6-4-14-30-20)25-23(27)21-7-3-5-17-15-26(24(28)22(17)21)18-9-12-19(29-2)13-10-18/h3-7,9-10,12-14,16H,8,11,15H2,1-2H3,(H,25,27)/t16-/m0/s1. The third-order valence-corrected chi connectivity index (χ3v) is 5.35. The minimum Gasteiger partial charge on any atom is -0.497 e. The summed E-state index contributed by atoms with van der Waals surface area (Å²) in [6.07, 6.45) is 3.14. The zero-order valence-corrected chi connectivity index (χ0v) is 17.1. The third-order valence-electron chi connectivity index (χ3n) is 5.35. The Morgan fingerprint density at radius 1 is 1.17 bits per heavy atom. The number of carbonyl (C=O) groups excluding carboxylic acids is 2. The Kier molecular flexibility index (Phi) is 5.57. The Balaban J connectivity index is 1.48. The molecule has 0 radical (unpaired) electrons. The van der Waals surface area contributed by atoms with Crippen LogP contribution in [0.5, 0.6) is 5.75 Å². The normalized spacial score (nSPS) is 13.8. The lowest BCUT2D eigenvalue weighted by molar-refractivity contribution is 0.0924. The smallest absolute Gasteiger partial charge is 0.259 e. The van der Waals surface area contributed by atoms with Crippen LogP contribution in [-0.4, -0.2) is 25.0 Å². The van der Waals surface area contributed by atoms with Crippen molar-refractivity contribution in [1.82, 2.24) is 5.32 Å². The molecule has 3 aromatic rings. The minimum atomic E-state index is -0.233. The summed E-state index contributed by atoms with van der Waals surface area (Å²) in [5, 5.41) is 3.01. The number of amides is 2. The van der Waals surface area contributed by atoms with Crippen LogP contribution in [0.2, 0.25) is 0 Å². The molecule has 0 fully saturated rings. The maximum Gasteiger partial charge on any atom is 0.259 e. The van der Waals surface area contributed by atoms with Crippen LogP contribution in [0.25, 0.3) is 0 Å². The van der Waals surface area contributed by atoms with E-state index in [1.807, 2.05) is 55.5 Å². The molecule has 1 aromatic heterocycles. The van der Waals surface area contributed by atoms with E-state index in [9.17, 15) is 9.59 Å². The van der Waals surface area contributed by atoms with E-state index in [0.717, 1.165) is 35.6 Å². The van der Waals surface area contributed by atoms with E-state index in [0.29, 0.717) is 17.7 Å². The number of carbonyl (C=O) groups is 2. The van der Waals surface area contributed by atoms with Crippen LogP contribution < -0.4 is 15.0 Å². The van der Waals surface area contributed by atoms with Crippen molar-refractivity contribution in [3.63, 3.8) is 0 Å². The molecule has 0 spiro atoms. The van der Waals surface area contributed by atoms with Gasteiger partial charge in [-0.15, -0.1) is 0 Å². The van der Waals surface area contributed by atoms with E-state index in [2.05, 4.69) is 5.32 Å². The number of ether oxygens (including phenoxy) is 1. The SMILES string of the molecule is COc1ccc(N2Cc3cccc(C(=O)N[C@@H](C)CCc4ccco4)c3C2=O)cc1. The Bertz CT molecular complexity index is 1040. The first-order valence-electron chi connectivity index (χ1n) is 9.98. The number of rotatable bonds is 7. The second-order valence-electron chi connectivity index (χ2n) is 7.42. The fourth-order valence-electron chi connectivity index (χ4n) is 3.71. The highest BCUT2D eigenvalue weighted by Gasteiger charge is 2.32. The Morgan fingerprint density at radius 3 is 2.67 bits per heavy atom. The van der Waals surface area contributed by atoms with Gasteiger partial charge in [-0.2, -0.15) is 0 Å². The topological polar surface area (TPSA) is 71.8 Å². The number of nitrogens with one attached hydrogen (secondary N) is 1. The van der Waals surface area contributed by atoms with Crippen molar-refractivity contribution in [1.29, 1.82) is 0 Å². The highest BCUT2D eigenvalue weighted by molar-refractivity contribution is 6.16. The van der Waals surface area contributed by atoms with E-state index in [-0.39, 0.29) is 17.9 Å². The second kappa shape index (κ2) is 8.45. The van der Waals surface area contributed by atoms with Crippen LogP contribution in [0.15, 0.2) is 65.3 Å². The van der Waals surface area contributed by atoms with Crippen molar-refractivity contribution in [3.8, 4) is 5.75 Å². The average Bonchev–Trinajstić information content (AvgIpc) is 3.40. The van der Waals surface area contributed by atoms with Gasteiger partial charge in [0.1, 0.15) is 11.5 Å². The number of methoxy groups -OCH3 is 1. The predicted octanol–water partition coefficient (Wildman–Crippen LogP) is 4.20. The molecule has 154 valence electrons. The average molecular weight is 404 g/mol. The molecule has 2 heterocycles. The van der Waals surface area contributed by atoms with E-state index < -0.39 is 0 Å². The lowest BCUT2D eigenvalue weighted by atomic mass is 10.0. The van der Waals surface area contributed by atoms with Gasteiger partial charge in [-0.1, -0.05) is 12.1 Å². The van der Waals surface area contributed by atoms with Crippen molar-refractivity contribution >= 4 is 17.5 Å². The van der Waals surface area contributed by atoms with Gasteiger partial charge in [0.05, 0.1) is 31.0 Å². The number of hydrogen-bond donors (Lipinski definition) is 1. The van der Waals surface area contributed by atoms with Crippen LogP contribution in [0.1, 0.15) is 45.4 Å². The number of nitrogens with zero attached hydrogens (tertiary/aromatic N) is 1. The van der Waals surface area contributed by atoms with E-state index in [1.165, 1.54) is 0 Å². The zero-order valence-electron chi connectivity index (χ0n) is 17.1. The highest BCUT2D eigenvalue weighted by Crippen LogP contribution is 2.31. The molecule has 6 nitrogen and oxygen atoms in total. The maximum absolute atomic E-state index is 13.1. The van der Waals surface area contributed by atoms with Gasteiger partial charge in [-0.3, -0.25) is 9.59 Å². The first-order valence-corrected chi connectivity index (χ1v) is 9.98. The van der Waals surface area contributed by atoms with E-state index >= 15 is 0 Å². The molecule has 6 heteroatoms. The quantitative estimate of drug-likeness (QED) is 0.641. The summed E-state index contributed by atoms with van der Waals surface area (Å²) in [6, 6.07) is 16.5. The van der Waals surface area contributed by atoms with Gasteiger partial charge in [0.15, 0.2) is 0 Å². The Morgan fingerprint density at radius 2 is 1.97 bits per heavy atom. The van der Waals surface area contributed by atoms with Gasteiger partial charge in [0.2, 0.25) is 0 Å². The molecule has 0 saturated heterocycles. The number of hydrogen-bond acceptors (Lipinski definition) is 4. The lowest BCUT2D eigenvalue weighted by Crippen LogP contribution is -2.34. The molecule has 2 amide bonds. The van der Waals surface area contributed by atoms with Crippen LogP contribution in [0.3, 0.4) is 0 Å². The van der Waals surface area contributed by atoms with Gasteiger partial charge in [0, 0.05) is 18.2 Å². The molecule has 1 aliphatic rings. The van der Waals surface area contributed by atoms with Crippen molar-refractivity contribution in [3.05, 3.63) is 83.3 Å². The molecule has 4 rings (SSSR count). The van der Waals surface area contributed by atoms with Crippen molar-refractivity contribution in [2.45, 2.75) is 32.4 Å². The Labute approximate surface area is 175 Å². The number of anilines is 1. The number of furan rings is 1. The van der Waals surface area contributed by atoms with Gasteiger partial charge in [-0.05, 0) is 61.4 Å². The lowest BCUT2D eigenvalue weighted by Gasteiger charge is -2.17. The van der Waals surface area contributed by atoms with Crippen LogP contribution >= 0.6 is 0 Å². The summed E-state index contributed by atoms with van der Waals surface area (Å²) in [4.78, 5) is 27.8. The summed E-state index contributed by atoms with van der Waals surface area (Å²) in [5.74, 6) is 1.22. The summed E-state index contributed by atoms with van der Waals surface area (Å²) in [6.45, 7) is 2.39. The maximum atomic E-state index is 13.1. The summed E-state index contributed by atoms with van der Waals surface area (Å²) < 4.78 is 10.5. The monoisotopic (exact) mass is 404 g/mol. The molecular formula is C24H24N2O4. The molecule has 0 bridgehead atoms. The summed E-state index contributed by atoms with van der Waals surface area (Å²) >= 11 is 0. The molecular weight excluding hydrogens is 380 g/mol. The first kappa shape index (κ1) is 19.8. The predicted molar refractivity (Wildman–Crippen MR) is 114 cm³/mol. The summed E-state index contributed by atoms with van der Waals surface area (Å²) in [7, 11) is 1.60. The van der Waals surface area contributed by atoms with Gasteiger partial charge >= 0.3 is 0 Å². The van der Waals surface area contributed by atoms with Crippen LogP contribution in [0, 0.1) is 0 Å². The molecule has 30 heavy (non-hydrogen) atoms. The van der Waals surface area contributed by atoms with Gasteiger partial charge in [0.25, 0.3) is 11.8 Å². The van der Waals surface area contributed by atoms with Crippen LogP contribution in [0.4, 0.5) is 5.69 Å². The Hall–Kier alpha value is -3.54. The number of fused-ring (bicyclic) bond motifs is 1. The van der Waals surface area contributed by atoms with Gasteiger partial charge < -0.3 is 19.4 Å². The van der Waals surface area contributed by atoms with Crippen LogP contribution in [-0.2, 0) is 13.0 Å². The number of benzene rings is 2. The van der Waals surface area contributed by atoms with Crippen molar-refractivity contribution in [2.24, 2.45) is 0 Å². The fraction of sp³-hybridized carbons (Fsp3) is 0.250. The molecule has 0 saturated carbocycles. The van der Waals surface area contributed by atoms with Crippen molar-refractivity contribution in [2.75, 3.05) is 12.0 Å².